The minimum absolute atomic E-state index is 0.571. The zero-order chi connectivity index (χ0) is 10.6. The maximum atomic E-state index is 13.1. The van der Waals surface area contributed by atoms with E-state index < -0.39 is 5.67 Å². The van der Waals surface area contributed by atoms with Crippen LogP contribution in [-0.2, 0) is 0 Å². The zero-order valence-electron chi connectivity index (χ0n) is 8.59. The fraction of sp³-hybridized carbons (Fsp3) is 0.455. The van der Waals surface area contributed by atoms with Gasteiger partial charge in [0.05, 0.1) is 0 Å². The molecule has 0 fully saturated rings. The molecule has 1 aromatic rings. The molecule has 3 heteroatoms. The highest BCUT2D eigenvalue weighted by Gasteiger charge is 2.14. The molecule has 0 spiro atoms. The van der Waals surface area contributed by atoms with Crippen LogP contribution >= 0.6 is 11.8 Å². The average Bonchev–Trinajstić information content (AvgIpc) is 2.06. The molecular formula is C11H16FNS. The Labute approximate surface area is 88.9 Å². The fourth-order valence-corrected chi connectivity index (χ4v) is 2.13. The lowest BCUT2D eigenvalue weighted by Gasteiger charge is -2.12. The SMILES string of the molecule is CC(C)(F)CCSc1ccc(N)cc1. The molecule has 0 bridgehead atoms. The quantitative estimate of drug-likeness (QED) is 0.612. The van der Waals surface area contributed by atoms with Crippen LogP contribution in [0.1, 0.15) is 20.3 Å². The first-order chi connectivity index (χ1) is 6.47. The molecule has 1 rings (SSSR count). The standard InChI is InChI=1S/C11H16FNS/c1-11(2,12)7-8-14-10-5-3-9(13)4-6-10/h3-6H,7-8,13H2,1-2H3. The average molecular weight is 213 g/mol. The molecule has 0 heterocycles. The molecule has 0 atom stereocenters. The van der Waals surface area contributed by atoms with Crippen molar-refractivity contribution in [3.05, 3.63) is 24.3 Å². The van der Waals surface area contributed by atoms with E-state index >= 15 is 0 Å². The number of alkyl halides is 1. The molecule has 0 unspecified atom stereocenters. The summed E-state index contributed by atoms with van der Waals surface area (Å²) in [5, 5.41) is 0. The zero-order valence-corrected chi connectivity index (χ0v) is 9.40. The van der Waals surface area contributed by atoms with E-state index in [1.54, 1.807) is 25.6 Å². The largest absolute Gasteiger partial charge is 0.399 e. The molecule has 0 saturated carbocycles. The summed E-state index contributed by atoms with van der Waals surface area (Å²) < 4.78 is 13.1. The van der Waals surface area contributed by atoms with Crippen LogP contribution in [0.3, 0.4) is 0 Å². The van der Waals surface area contributed by atoms with Gasteiger partial charge in [0.2, 0.25) is 0 Å². The third kappa shape index (κ3) is 4.51. The van der Waals surface area contributed by atoms with Gasteiger partial charge in [-0.1, -0.05) is 0 Å². The first-order valence-electron chi connectivity index (χ1n) is 4.65. The molecule has 14 heavy (non-hydrogen) atoms. The lowest BCUT2D eigenvalue weighted by Crippen LogP contribution is -2.12. The normalized spacial score (nSPS) is 11.6. The van der Waals surface area contributed by atoms with Crippen LogP contribution in [0.5, 0.6) is 0 Å². The summed E-state index contributed by atoms with van der Waals surface area (Å²) in [7, 11) is 0. The van der Waals surface area contributed by atoms with E-state index in [-0.39, 0.29) is 0 Å². The van der Waals surface area contributed by atoms with E-state index in [9.17, 15) is 4.39 Å². The summed E-state index contributed by atoms with van der Waals surface area (Å²) >= 11 is 1.66. The highest BCUT2D eigenvalue weighted by atomic mass is 32.2. The van der Waals surface area contributed by atoms with E-state index in [1.165, 1.54) is 0 Å². The molecule has 2 N–H and O–H groups in total. The molecule has 0 radical (unpaired) electrons. The Balaban J connectivity index is 2.35. The van der Waals surface area contributed by atoms with Crippen LogP contribution in [-0.4, -0.2) is 11.4 Å². The molecule has 0 aliphatic rings. The Morgan fingerprint density at radius 3 is 2.36 bits per heavy atom. The monoisotopic (exact) mass is 213 g/mol. The van der Waals surface area contributed by atoms with Gasteiger partial charge in [-0.05, 0) is 44.5 Å². The highest BCUT2D eigenvalue weighted by molar-refractivity contribution is 7.99. The molecule has 0 saturated heterocycles. The van der Waals surface area contributed by atoms with Gasteiger partial charge in [-0.15, -0.1) is 11.8 Å². The molecule has 0 aromatic heterocycles. The second-order valence-corrected chi connectivity index (χ2v) is 5.05. The van der Waals surface area contributed by atoms with E-state index in [0.717, 1.165) is 16.3 Å². The van der Waals surface area contributed by atoms with Gasteiger partial charge in [-0.25, -0.2) is 4.39 Å². The van der Waals surface area contributed by atoms with Crippen molar-refractivity contribution in [2.24, 2.45) is 0 Å². The Morgan fingerprint density at radius 1 is 1.29 bits per heavy atom. The maximum Gasteiger partial charge on any atom is 0.106 e. The summed E-state index contributed by atoms with van der Waals surface area (Å²) in [5.41, 5.74) is 5.25. The fourth-order valence-electron chi connectivity index (χ4n) is 0.976. The minimum atomic E-state index is -1.07. The Hall–Kier alpha value is -0.700. The Kier molecular flexibility index (Phi) is 3.81. The number of hydrogen-bond acceptors (Lipinski definition) is 2. The maximum absolute atomic E-state index is 13.1. The number of benzene rings is 1. The predicted octanol–water partition coefficient (Wildman–Crippen LogP) is 3.50. The third-order valence-corrected chi connectivity index (χ3v) is 2.86. The van der Waals surface area contributed by atoms with Gasteiger partial charge < -0.3 is 5.73 Å². The molecule has 0 aliphatic heterocycles. The third-order valence-electron chi connectivity index (χ3n) is 1.85. The van der Waals surface area contributed by atoms with Crippen molar-refractivity contribution in [2.75, 3.05) is 11.5 Å². The number of anilines is 1. The van der Waals surface area contributed by atoms with Crippen LogP contribution in [0.4, 0.5) is 10.1 Å². The van der Waals surface area contributed by atoms with Crippen LogP contribution in [0.15, 0.2) is 29.2 Å². The summed E-state index contributed by atoms with van der Waals surface area (Å²) in [6, 6.07) is 7.66. The van der Waals surface area contributed by atoms with Gasteiger partial charge in [0.25, 0.3) is 0 Å². The van der Waals surface area contributed by atoms with Gasteiger partial charge >= 0.3 is 0 Å². The molecular weight excluding hydrogens is 197 g/mol. The number of halogens is 1. The van der Waals surface area contributed by atoms with Crippen molar-refractivity contribution in [3.8, 4) is 0 Å². The summed E-state index contributed by atoms with van der Waals surface area (Å²) in [5.74, 6) is 0.799. The summed E-state index contributed by atoms with van der Waals surface area (Å²) in [6.07, 6.45) is 0.571. The number of hydrogen-bond donors (Lipinski definition) is 1. The molecule has 1 nitrogen and oxygen atoms in total. The highest BCUT2D eigenvalue weighted by Crippen LogP contribution is 2.23. The van der Waals surface area contributed by atoms with Gasteiger partial charge in [0.15, 0.2) is 0 Å². The number of rotatable bonds is 4. The second kappa shape index (κ2) is 4.69. The first kappa shape index (κ1) is 11.4. The smallest absolute Gasteiger partial charge is 0.106 e. The van der Waals surface area contributed by atoms with Crippen molar-refractivity contribution < 1.29 is 4.39 Å². The van der Waals surface area contributed by atoms with E-state index in [2.05, 4.69) is 0 Å². The van der Waals surface area contributed by atoms with Crippen LogP contribution in [0.2, 0.25) is 0 Å². The second-order valence-electron chi connectivity index (χ2n) is 3.89. The molecule has 0 aliphatic carbocycles. The Bertz CT molecular complexity index is 276. The first-order valence-corrected chi connectivity index (χ1v) is 5.63. The number of thioether (sulfide) groups is 1. The van der Waals surface area contributed by atoms with E-state index in [1.807, 2.05) is 24.3 Å². The van der Waals surface area contributed by atoms with Gasteiger partial charge in [-0.3, -0.25) is 0 Å². The van der Waals surface area contributed by atoms with Crippen molar-refractivity contribution in [3.63, 3.8) is 0 Å². The number of nitrogens with two attached hydrogens (primary N) is 1. The topological polar surface area (TPSA) is 26.0 Å². The van der Waals surface area contributed by atoms with Crippen molar-refractivity contribution >= 4 is 17.4 Å². The van der Waals surface area contributed by atoms with Crippen molar-refractivity contribution in [1.82, 2.24) is 0 Å². The Morgan fingerprint density at radius 2 is 1.86 bits per heavy atom. The van der Waals surface area contributed by atoms with Crippen molar-refractivity contribution in [2.45, 2.75) is 30.8 Å². The van der Waals surface area contributed by atoms with Crippen LogP contribution < -0.4 is 5.73 Å². The van der Waals surface area contributed by atoms with E-state index in [0.29, 0.717) is 6.42 Å². The molecule has 78 valence electrons. The minimum Gasteiger partial charge on any atom is -0.399 e. The lowest BCUT2D eigenvalue weighted by molar-refractivity contribution is 0.212. The molecule has 1 aromatic carbocycles. The lowest BCUT2D eigenvalue weighted by atomic mass is 10.1. The van der Waals surface area contributed by atoms with Gasteiger partial charge in [-0.2, -0.15) is 0 Å². The van der Waals surface area contributed by atoms with Crippen molar-refractivity contribution in [1.29, 1.82) is 0 Å². The summed E-state index contributed by atoms with van der Waals surface area (Å²) in [4.78, 5) is 1.14. The van der Waals surface area contributed by atoms with Crippen LogP contribution in [0, 0.1) is 0 Å². The van der Waals surface area contributed by atoms with Gasteiger partial charge in [0, 0.05) is 16.3 Å². The number of nitrogen functional groups attached to an aromatic ring is 1. The van der Waals surface area contributed by atoms with Crippen LogP contribution in [0.25, 0.3) is 0 Å². The summed E-state index contributed by atoms with van der Waals surface area (Å²) in [6.45, 7) is 3.22. The van der Waals surface area contributed by atoms with Gasteiger partial charge in [0.1, 0.15) is 5.67 Å². The van der Waals surface area contributed by atoms with E-state index in [4.69, 9.17) is 5.73 Å². The predicted molar refractivity (Wildman–Crippen MR) is 61.4 cm³/mol. The molecule has 0 amide bonds.